The van der Waals surface area contributed by atoms with Crippen LogP contribution in [0.4, 0.5) is 24.5 Å². The zero-order valence-corrected chi connectivity index (χ0v) is 12.4. The van der Waals surface area contributed by atoms with E-state index in [-0.39, 0.29) is 6.07 Å². The molecule has 0 spiro atoms. The molecule has 0 atom stereocenters. The smallest absolute Gasteiger partial charge is 0.308 e. The van der Waals surface area contributed by atoms with Crippen molar-refractivity contribution in [2.24, 2.45) is 0 Å². The van der Waals surface area contributed by atoms with Gasteiger partial charge in [0.2, 0.25) is 17.5 Å². The van der Waals surface area contributed by atoms with Crippen molar-refractivity contribution in [3.8, 4) is 0 Å². The fraction of sp³-hybridized carbons (Fsp3) is 0.0667. The SMILES string of the molecule is O=C(CNC(=O)c1cc([N+](=O)[O-])c(F)c(F)c1F)Nc1ccccc1. The second-order valence-electron chi connectivity index (χ2n) is 4.74. The van der Waals surface area contributed by atoms with E-state index in [1.807, 2.05) is 5.32 Å². The quantitative estimate of drug-likeness (QED) is 0.489. The summed E-state index contributed by atoms with van der Waals surface area (Å²) in [5.41, 5.74) is -2.03. The molecule has 0 fully saturated rings. The van der Waals surface area contributed by atoms with Gasteiger partial charge >= 0.3 is 5.69 Å². The summed E-state index contributed by atoms with van der Waals surface area (Å²) in [4.78, 5) is 32.8. The zero-order valence-electron chi connectivity index (χ0n) is 12.4. The fourth-order valence-corrected chi connectivity index (χ4v) is 1.87. The molecule has 130 valence electrons. The third-order valence-electron chi connectivity index (χ3n) is 3.04. The summed E-state index contributed by atoms with van der Waals surface area (Å²) in [6, 6.07) is 8.46. The Morgan fingerprint density at radius 2 is 1.68 bits per heavy atom. The molecule has 0 saturated heterocycles. The number of amides is 2. The second-order valence-corrected chi connectivity index (χ2v) is 4.74. The van der Waals surface area contributed by atoms with Gasteiger partial charge in [-0.2, -0.15) is 4.39 Å². The Kier molecular flexibility index (Phi) is 5.32. The monoisotopic (exact) mass is 353 g/mol. The first-order chi connectivity index (χ1) is 11.8. The second kappa shape index (κ2) is 7.43. The number of hydrogen-bond acceptors (Lipinski definition) is 4. The Bertz CT molecular complexity index is 844. The van der Waals surface area contributed by atoms with Crippen molar-refractivity contribution < 1.29 is 27.7 Å². The molecule has 0 radical (unpaired) electrons. The fourth-order valence-electron chi connectivity index (χ4n) is 1.87. The van der Waals surface area contributed by atoms with Crippen LogP contribution in [0, 0.1) is 27.6 Å². The molecule has 2 rings (SSSR count). The molecule has 10 heteroatoms. The van der Waals surface area contributed by atoms with Crippen LogP contribution in [0.15, 0.2) is 36.4 Å². The van der Waals surface area contributed by atoms with Crippen LogP contribution < -0.4 is 10.6 Å². The number of halogens is 3. The summed E-state index contributed by atoms with van der Waals surface area (Å²) in [6.45, 7) is -0.611. The highest BCUT2D eigenvalue weighted by molar-refractivity contribution is 5.99. The molecule has 0 aliphatic rings. The van der Waals surface area contributed by atoms with Gasteiger partial charge in [-0.1, -0.05) is 18.2 Å². The van der Waals surface area contributed by atoms with Gasteiger partial charge in [0, 0.05) is 11.8 Å². The number of para-hydroxylation sites is 1. The van der Waals surface area contributed by atoms with E-state index in [2.05, 4.69) is 5.32 Å². The van der Waals surface area contributed by atoms with Gasteiger partial charge in [-0.05, 0) is 12.1 Å². The van der Waals surface area contributed by atoms with Gasteiger partial charge in [-0.25, -0.2) is 8.78 Å². The Hall–Kier alpha value is -3.43. The molecule has 0 aliphatic carbocycles. The molecule has 25 heavy (non-hydrogen) atoms. The third-order valence-corrected chi connectivity index (χ3v) is 3.04. The van der Waals surface area contributed by atoms with E-state index in [4.69, 9.17) is 0 Å². The summed E-state index contributed by atoms with van der Waals surface area (Å²) in [7, 11) is 0. The van der Waals surface area contributed by atoms with E-state index < -0.39 is 52.0 Å². The average Bonchev–Trinajstić information content (AvgIpc) is 2.58. The van der Waals surface area contributed by atoms with Crippen LogP contribution in [0.3, 0.4) is 0 Å². The lowest BCUT2D eigenvalue weighted by molar-refractivity contribution is -0.387. The lowest BCUT2D eigenvalue weighted by Gasteiger charge is -2.08. The molecule has 7 nitrogen and oxygen atoms in total. The first-order valence-electron chi connectivity index (χ1n) is 6.76. The van der Waals surface area contributed by atoms with Crippen LogP contribution in [0.1, 0.15) is 10.4 Å². The Labute approximate surface area is 138 Å². The number of benzene rings is 2. The molecule has 0 bridgehead atoms. The average molecular weight is 353 g/mol. The zero-order chi connectivity index (χ0) is 18.6. The van der Waals surface area contributed by atoms with Gasteiger partial charge in [0.1, 0.15) is 0 Å². The predicted molar refractivity (Wildman–Crippen MR) is 80.4 cm³/mol. The number of rotatable bonds is 5. The number of nitro benzene ring substituents is 1. The lowest BCUT2D eigenvalue weighted by Crippen LogP contribution is -2.33. The summed E-state index contributed by atoms with van der Waals surface area (Å²) in [5, 5.41) is 15.0. The van der Waals surface area contributed by atoms with Crippen molar-refractivity contribution in [2.45, 2.75) is 0 Å². The maximum absolute atomic E-state index is 13.6. The van der Waals surface area contributed by atoms with E-state index in [0.717, 1.165) is 0 Å². The maximum Gasteiger partial charge on any atom is 0.308 e. The van der Waals surface area contributed by atoms with Crippen LogP contribution in [-0.2, 0) is 4.79 Å². The number of nitrogens with one attached hydrogen (secondary N) is 2. The summed E-state index contributed by atoms with van der Waals surface area (Å²) in [5.74, 6) is -8.02. The molecule has 0 unspecified atom stereocenters. The Morgan fingerprint density at radius 3 is 2.28 bits per heavy atom. The first-order valence-corrected chi connectivity index (χ1v) is 6.76. The van der Waals surface area contributed by atoms with Crippen molar-refractivity contribution in [1.29, 1.82) is 0 Å². The molecule has 2 amide bonds. The van der Waals surface area contributed by atoms with Gasteiger partial charge in [-0.15, -0.1) is 0 Å². The van der Waals surface area contributed by atoms with E-state index in [0.29, 0.717) is 5.69 Å². The van der Waals surface area contributed by atoms with Crippen molar-refractivity contribution >= 4 is 23.2 Å². The van der Waals surface area contributed by atoms with Crippen molar-refractivity contribution in [1.82, 2.24) is 5.32 Å². The molecular formula is C15H10F3N3O4. The number of carbonyl (C=O) groups excluding carboxylic acids is 2. The third kappa shape index (κ3) is 4.10. The van der Waals surface area contributed by atoms with Crippen molar-refractivity contribution in [2.75, 3.05) is 11.9 Å². The van der Waals surface area contributed by atoms with Crippen molar-refractivity contribution in [3.63, 3.8) is 0 Å². The van der Waals surface area contributed by atoms with Gasteiger partial charge in [-0.3, -0.25) is 19.7 Å². The Morgan fingerprint density at radius 1 is 1.04 bits per heavy atom. The van der Waals surface area contributed by atoms with Crippen LogP contribution in [0.5, 0.6) is 0 Å². The lowest BCUT2D eigenvalue weighted by atomic mass is 10.1. The minimum absolute atomic E-state index is 0.262. The van der Waals surface area contributed by atoms with Gasteiger partial charge in [0.25, 0.3) is 5.91 Å². The highest BCUT2D eigenvalue weighted by atomic mass is 19.2. The maximum atomic E-state index is 13.6. The minimum Gasteiger partial charge on any atom is -0.343 e. The highest BCUT2D eigenvalue weighted by Crippen LogP contribution is 2.25. The van der Waals surface area contributed by atoms with E-state index in [1.54, 1.807) is 30.3 Å². The van der Waals surface area contributed by atoms with Crippen LogP contribution in [0.2, 0.25) is 0 Å². The van der Waals surface area contributed by atoms with E-state index >= 15 is 0 Å². The number of carbonyl (C=O) groups is 2. The van der Waals surface area contributed by atoms with E-state index in [1.165, 1.54) is 0 Å². The molecule has 2 N–H and O–H groups in total. The molecular weight excluding hydrogens is 343 g/mol. The standard InChI is InChI=1S/C15H10F3N3O4/c16-12-9(6-10(21(24)25)13(17)14(12)18)15(23)19-7-11(22)20-8-4-2-1-3-5-8/h1-6H,7H2,(H,19,23)(H,20,22). The molecule has 0 aliphatic heterocycles. The minimum atomic E-state index is -2.15. The number of hydrogen-bond donors (Lipinski definition) is 2. The van der Waals surface area contributed by atoms with Crippen LogP contribution in [-0.4, -0.2) is 23.3 Å². The molecule has 2 aromatic carbocycles. The summed E-state index contributed by atoms with van der Waals surface area (Å²) in [6.07, 6.45) is 0. The predicted octanol–water partition coefficient (Wildman–Crippen LogP) is 2.38. The van der Waals surface area contributed by atoms with Gasteiger partial charge < -0.3 is 10.6 Å². The van der Waals surface area contributed by atoms with Gasteiger partial charge in [0.05, 0.1) is 17.0 Å². The molecule has 0 aromatic heterocycles. The normalized spacial score (nSPS) is 10.2. The number of nitro groups is 1. The first kappa shape index (κ1) is 17.9. The molecule has 2 aromatic rings. The number of nitrogens with zero attached hydrogens (tertiary/aromatic N) is 1. The molecule has 0 heterocycles. The van der Waals surface area contributed by atoms with E-state index in [9.17, 15) is 32.9 Å². The van der Waals surface area contributed by atoms with Crippen molar-refractivity contribution in [3.05, 3.63) is 69.5 Å². The van der Waals surface area contributed by atoms with Crippen LogP contribution >= 0.6 is 0 Å². The molecule has 0 saturated carbocycles. The van der Waals surface area contributed by atoms with Crippen LogP contribution in [0.25, 0.3) is 0 Å². The van der Waals surface area contributed by atoms with Gasteiger partial charge in [0.15, 0.2) is 5.82 Å². The number of anilines is 1. The largest absolute Gasteiger partial charge is 0.343 e. The highest BCUT2D eigenvalue weighted by Gasteiger charge is 2.28. The topological polar surface area (TPSA) is 101 Å². The Balaban J connectivity index is 2.10. The summed E-state index contributed by atoms with van der Waals surface area (Å²) >= 11 is 0. The summed E-state index contributed by atoms with van der Waals surface area (Å²) < 4.78 is 40.2.